The monoisotopic (exact) mass is 447 g/mol. The van der Waals surface area contributed by atoms with Crippen LogP contribution >= 0.6 is 11.8 Å². The fourth-order valence-electron chi connectivity index (χ4n) is 3.34. The fourth-order valence-corrected chi connectivity index (χ4v) is 4.20. The van der Waals surface area contributed by atoms with E-state index in [9.17, 15) is 9.59 Å². The Balaban J connectivity index is 1.37. The summed E-state index contributed by atoms with van der Waals surface area (Å²) in [6, 6.07) is 21.3. The number of amides is 2. The highest BCUT2D eigenvalue weighted by molar-refractivity contribution is 8.18. The van der Waals surface area contributed by atoms with Crippen molar-refractivity contribution < 1.29 is 19.1 Å². The summed E-state index contributed by atoms with van der Waals surface area (Å²) in [6.07, 6.45) is 1.74. The minimum absolute atomic E-state index is 0.202. The smallest absolute Gasteiger partial charge is 0.293 e. The molecule has 0 N–H and O–H groups in total. The SMILES string of the molecule is CC(C)COc1ccc(/C=C2\SC(=O)N(CCOc3cccc4ccccc34)C2=O)cc1. The zero-order valence-corrected chi connectivity index (χ0v) is 18.9. The molecule has 1 aliphatic heterocycles. The molecule has 0 aliphatic carbocycles. The molecule has 0 saturated carbocycles. The van der Waals surface area contributed by atoms with Crippen molar-refractivity contribution >= 4 is 39.8 Å². The number of ether oxygens (including phenoxy) is 2. The summed E-state index contributed by atoms with van der Waals surface area (Å²) in [5, 5.41) is 1.81. The third-order valence-electron chi connectivity index (χ3n) is 4.96. The van der Waals surface area contributed by atoms with Crippen molar-refractivity contribution in [3.8, 4) is 11.5 Å². The maximum absolute atomic E-state index is 12.8. The van der Waals surface area contributed by atoms with Gasteiger partial charge in [0.2, 0.25) is 0 Å². The van der Waals surface area contributed by atoms with Crippen LogP contribution in [0.2, 0.25) is 0 Å². The molecule has 5 nitrogen and oxygen atoms in total. The Morgan fingerprint density at radius 2 is 1.69 bits per heavy atom. The van der Waals surface area contributed by atoms with E-state index in [1.807, 2.05) is 66.7 Å². The van der Waals surface area contributed by atoms with Gasteiger partial charge in [0, 0.05) is 5.39 Å². The summed E-state index contributed by atoms with van der Waals surface area (Å²) in [7, 11) is 0. The van der Waals surface area contributed by atoms with Crippen molar-refractivity contribution in [2.24, 2.45) is 5.92 Å². The molecule has 0 radical (unpaired) electrons. The van der Waals surface area contributed by atoms with Crippen molar-refractivity contribution in [1.82, 2.24) is 4.90 Å². The van der Waals surface area contributed by atoms with Gasteiger partial charge in [-0.25, -0.2) is 0 Å². The lowest BCUT2D eigenvalue weighted by Gasteiger charge is -2.14. The number of hydrogen-bond acceptors (Lipinski definition) is 5. The van der Waals surface area contributed by atoms with Crippen LogP contribution in [0.5, 0.6) is 11.5 Å². The number of carbonyl (C=O) groups is 2. The van der Waals surface area contributed by atoms with Gasteiger partial charge in [-0.2, -0.15) is 0 Å². The van der Waals surface area contributed by atoms with Gasteiger partial charge in [0.05, 0.1) is 18.1 Å². The Bertz CT molecular complexity index is 1150. The Morgan fingerprint density at radius 1 is 0.938 bits per heavy atom. The largest absolute Gasteiger partial charge is 0.493 e. The van der Waals surface area contributed by atoms with Gasteiger partial charge in [-0.1, -0.05) is 62.4 Å². The molecule has 3 aromatic rings. The first kappa shape index (κ1) is 22.0. The first-order valence-corrected chi connectivity index (χ1v) is 11.4. The molecule has 1 saturated heterocycles. The average molecular weight is 448 g/mol. The quantitative estimate of drug-likeness (QED) is 0.397. The predicted octanol–water partition coefficient (Wildman–Crippen LogP) is 5.99. The maximum Gasteiger partial charge on any atom is 0.293 e. The van der Waals surface area contributed by atoms with E-state index in [0.717, 1.165) is 39.6 Å². The molecular formula is C26H25NO4S. The van der Waals surface area contributed by atoms with Gasteiger partial charge >= 0.3 is 0 Å². The minimum Gasteiger partial charge on any atom is -0.493 e. The van der Waals surface area contributed by atoms with E-state index < -0.39 is 0 Å². The predicted molar refractivity (Wildman–Crippen MR) is 129 cm³/mol. The third kappa shape index (κ3) is 5.14. The van der Waals surface area contributed by atoms with Crippen LogP contribution in [-0.2, 0) is 4.79 Å². The molecule has 0 atom stereocenters. The Kier molecular flexibility index (Phi) is 6.81. The molecule has 0 bridgehead atoms. The number of carbonyl (C=O) groups excluding carboxylic acids is 2. The maximum atomic E-state index is 12.8. The second-order valence-electron chi connectivity index (χ2n) is 7.93. The van der Waals surface area contributed by atoms with Crippen LogP contribution in [0.15, 0.2) is 71.6 Å². The third-order valence-corrected chi connectivity index (χ3v) is 5.86. The van der Waals surface area contributed by atoms with E-state index in [1.165, 1.54) is 4.90 Å². The lowest BCUT2D eigenvalue weighted by Crippen LogP contribution is -2.32. The molecule has 6 heteroatoms. The Hall–Kier alpha value is -3.25. The normalized spacial score (nSPS) is 15.2. The molecule has 1 fully saturated rings. The highest BCUT2D eigenvalue weighted by Gasteiger charge is 2.34. The Morgan fingerprint density at radius 3 is 2.47 bits per heavy atom. The molecular weight excluding hydrogens is 422 g/mol. The van der Waals surface area contributed by atoms with Crippen molar-refractivity contribution in [1.29, 1.82) is 0 Å². The van der Waals surface area contributed by atoms with Crippen LogP contribution in [0.3, 0.4) is 0 Å². The van der Waals surface area contributed by atoms with Crippen LogP contribution in [0.25, 0.3) is 16.8 Å². The number of hydrogen-bond donors (Lipinski definition) is 0. The van der Waals surface area contributed by atoms with E-state index in [1.54, 1.807) is 6.08 Å². The second-order valence-corrected chi connectivity index (χ2v) is 8.93. The molecule has 0 unspecified atom stereocenters. The summed E-state index contributed by atoms with van der Waals surface area (Å²) >= 11 is 0.956. The molecule has 0 spiro atoms. The van der Waals surface area contributed by atoms with Gasteiger partial charge in [-0.05, 0) is 52.9 Å². The molecule has 3 aromatic carbocycles. The van der Waals surface area contributed by atoms with E-state index in [2.05, 4.69) is 13.8 Å². The highest BCUT2D eigenvalue weighted by atomic mass is 32.2. The first-order valence-electron chi connectivity index (χ1n) is 10.6. The standard InChI is InChI=1S/C26H25NO4S/c1-18(2)17-31-21-12-10-19(11-13-21)16-24-25(28)27(26(29)32-24)14-15-30-23-9-5-7-20-6-3-4-8-22(20)23/h3-13,16,18H,14-15,17H2,1-2H3/b24-16-. The lowest BCUT2D eigenvalue weighted by atomic mass is 10.1. The molecule has 32 heavy (non-hydrogen) atoms. The van der Waals surface area contributed by atoms with Gasteiger partial charge in [0.15, 0.2) is 0 Å². The van der Waals surface area contributed by atoms with E-state index >= 15 is 0 Å². The van der Waals surface area contributed by atoms with Crippen LogP contribution in [0, 0.1) is 5.92 Å². The summed E-state index contributed by atoms with van der Waals surface area (Å²) in [5.41, 5.74) is 0.847. The van der Waals surface area contributed by atoms with Crippen LogP contribution in [0.4, 0.5) is 4.79 Å². The van der Waals surface area contributed by atoms with Gasteiger partial charge in [0.1, 0.15) is 18.1 Å². The number of rotatable bonds is 8. The van der Waals surface area contributed by atoms with E-state index in [0.29, 0.717) is 17.4 Å². The van der Waals surface area contributed by atoms with Gasteiger partial charge < -0.3 is 9.47 Å². The minimum atomic E-state index is -0.290. The number of nitrogens with zero attached hydrogens (tertiary/aromatic N) is 1. The van der Waals surface area contributed by atoms with Gasteiger partial charge in [-0.3, -0.25) is 14.5 Å². The number of fused-ring (bicyclic) bond motifs is 1. The second kappa shape index (κ2) is 9.92. The topological polar surface area (TPSA) is 55.8 Å². The van der Waals surface area contributed by atoms with Gasteiger partial charge in [-0.15, -0.1) is 0 Å². The summed E-state index contributed by atoms with van der Waals surface area (Å²) < 4.78 is 11.6. The highest BCUT2D eigenvalue weighted by Crippen LogP contribution is 2.32. The zero-order chi connectivity index (χ0) is 22.5. The summed E-state index contributed by atoms with van der Waals surface area (Å²) in [4.78, 5) is 26.8. The molecule has 4 rings (SSSR count). The van der Waals surface area contributed by atoms with Crippen LogP contribution < -0.4 is 9.47 Å². The number of thioether (sulfide) groups is 1. The van der Waals surface area contributed by atoms with E-state index in [4.69, 9.17) is 9.47 Å². The summed E-state index contributed by atoms with van der Waals surface area (Å²) in [5.74, 6) is 1.69. The van der Waals surface area contributed by atoms with Crippen molar-refractivity contribution in [2.45, 2.75) is 13.8 Å². The molecule has 1 heterocycles. The van der Waals surface area contributed by atoms with Crippen molar-refractivity contribution in [2.75, 3.05) is 19.8 Å². The van der Waals surface area contributed by atoms with E-state index in [-0.39, 0.29) is 24.3 Å². The zero-order valence-electron chi connectivity index (χ0n) is 18.1. The molecule has 2 amide bonds. The van der Waals surface area contributed by atoms with Crippen LogP contribution in [0.1, 0.15) is 19.4 Å². The van der Waals surface area contributed by atoms with Gasteiger partial charge in [0.25, 0.3) is 11.1 Å². The lowest BCUT2D eigenvalue weighted by molar-refractivity contribution is -0.123. The van der Waals surface area contributed by atoms with Crippen molar-refractivity contribution in [3.05, 3.63) is 77.2 Å². The van der Waals surface area contributed by atoms with Crippen molar-refractivity contribution in [3.63, 3.8) is 0 Å². The van der Waals surface area contributed by atoms with Crippen LogP contribution in [-0.4, -0.2) is 35.8 Å². The Labute approximate surface area is 192 Å². The average Bonchev–Trinajstić information content (AvgIpc) is 3.06. The fraction of sp³-hybridized carbons (Fsp3) is 0.231. The molecule has 0 aromatic heterocycles. The molecule has 164 valence electrons. The summed E-state index contributed by atoms with van der Waals surface area (Å²) in [6.45, 7) is 5.28. The number of imide groups is 1. The molecule has 1 aliphatic rings. The number of benzene rings is 3. The first-order chi connectivity index (χ1) is 15.5.